The van der Waals surface area contributed by atoms with Crippen molar-refractivity contribution in [1.29, 1.82) is 0 Å². The summed E-state index contributed by atoms with van der Waals surface area (Å²) in [5, 5.41) is 13.3. The Bertz CT molecular complexity index is 501. The molecule has 0 aliphatic rings. The third kappa shape index (κ3) is 2.78. The van der Waals surface area contributed by atoms with Crippen molar-refractivity contribution < 1.29 is 0 Å². The Balaban J connectivity index is 2.07. The third-order valence-electron chi connectivity index (χ3n) is 1.69. The van der Waals surface area contributed by atoms with Gasteiger partial charge in [0.05, 0.1) is 6.54 Å². The Morgan fingerprint density at radius 3 is 2.81 bits per heavy atom. The Hall–Kier alpha value is -0.980. The maximum absolute atomic E-state index is 5.79. The first-order chi connectivity index (χ1) is 7.65. The summed E-state index contributed by atoms with van der Waals surface area (Å²) in [7, 11) is 0. The molecule has 0 saturated carbocycles. The van der Waals surface area contributed by atoms with Crippen LogP contribution in [0.5, 0.6) is 0 Å². The summed E-state index contributed by atoms with van der Waals surface area (Å²) in [6.45, 7) is 2.48. The number of nitrogens with zero attached hydrogens (tertiary/aromatic N) is 4. The maximum atomic E-state index is 5.79. The SMILES string of the molecule is Cc1csc(CNc2nc(Cl)nnc2Cl)n1. The van der Waals surface area contributed by atoms with E-state index in [0.717, 1.165) is 10.7 Å². The average Bonchev–Trinajstić information content (AvgIpc) is 2.66. The summed E-state index contributed by atoms with van der Waals surface area (Å²) in [6.07, 6.45) is 0. The zero-order chi connectivity index (χ0) is 11.5. The molecular weight excluding hydrogens is 269 g/mol. The van der Waals surface area contributed by atoms with Gasteiger partial charge < -0.3 is 5.32 Å². The molecule has 0 saturated heterocycles. The molecule has 0 aromatic carbocycles. The lowest BCUT2D eigenvalue weighted by atomic mass is 10.5. The van der Waals surface area contributed by atoms with E-state index in [0.29, 0.717) is 12.4 Å². The van der Waals surface area contributed by atoms with Crippen LogP contribution in [-0.4, -0.2) is 20.2 Å². The molecule has 0 spiro atoms. The van der Waals surface area contributed by atoms with Gasteiger partial charge in [-0.25, -0.2) is 4.98 Å². The number of aromatic nitrogens is 4. The van der Waals surface area contributed by atoms with Gasteiger partial charge in [-0.05, 0) is 18.5 Å². The molecule has 1 N–H and O–H groups in total. The molecule has 0 fully saturated rings. The normalized spacial score (nSPS) is 10.4. The maximum Gasteiger partial charge on any atom is 0.245 e. The molecule has 0 unspecified atom stereocenters. The highest BCUT2D eigenvalue weighted by Gasteiger charge is 2.06. The molecule has 0 atom stereocenters. The number of thiazole rings is 1. The van der Waals surface area contributed by atoms with Crippen molar-refractivity contribution in [2.75, 3.05) is 5.32 Å². The minimum Gasteiger partial charge on any atom is -0.361 e. The van der Waals surface area contributed by atoms with Crippen molar-refractivity contribution in [3.63, 3.8) is 0 Å². The van der Waals surface area contributed by atoms with Gasteiger partial charge in [-0.1, -0.05) is 11.6 Å². The lowest BCUT2D eigenvalue weighted by Gasteiger charge is -2.03. The van der Waals surface area contributed by atoms with Crippen LogP contribution < -0.4 is 5.32 Å². The van der Waals surface area contributed by atoms with Crippen molar-refractivity contribution in [1.82, 2.24) is 20.2 Å². The molecule has 2 rings (SSSR count). The number of anilines is 1. The minimum atomic E-state index is 0.0576. The van der Waals surface area contributed by atoms with Crippen LogP contribution in [0.15, 0.2) is 5.38 Å². The zero-order valence-electron chi connectivity index (χ0n) is 8.24. The van der Waals surface area contributed by atoms with Gasteiger partial charge in [0.2, 0.25) is 5.28 Å². The lowest BCUT2D eigenvalue weighted by Crippen LogP contribution is -2.04. The number of aryl methyl sites for hydroxylation is 1. The van der Waals surface area contributed by atoms with Crippen LogP contribution in [0.1, 0.15) is 10.7 Å². The lowest BCUT2D eigenvalue weighted by molar-refractivity contribution is 0.954. The second kappa shape index (κ2) is 4.90. The largest absolute Gasteiger partial charge is 0.361 e. The second-order valence-electron chi connectivity index (χ2n) is 2.96. The fourth-order valence-corrected chi connectivity index (χ4v) is 2.03. The highest BCUT2D eigenvalue weighted by Crippen LogP contribution is 2.18. The summed E-state index contributed by atoms with van der Waals surface area (Å²) < 4.78 is 0. The van der Waals surface area contributed by atoms with Crippen molar-refractivity contribution in [3.05, 3.63) is 26.5 Å². The zero-order valence-corrected chi connectivity index (χ0v) is 10.6. The Kier molecular flexibility index (Phi) is 3.52. The Morgan fingerprint density at radius 2 is 2.12 bits per heavy atom. The topological polar surface area (TPSA) is 63.6 Å². The van der Waals surface area contributed by atoms with E-state index in [1.54, 1.807) is 11.3 Å². The molecule has 84 valence electrons. The second-order valence-corrected chi connectivity index (χ2v) is 4.60. The predicted octanol–water partition coefficient (Wildman–Crippen LogP) is 2.56. The van der Waals surface area contributed by atoms with Gasteiger partial charge in [-0.15, -0.1) is 21.5 Å². The first kappa shape index (κ1) is 11.5. The molecule has 0 aliphatic heterocycles. The highest BCUT2D eigenvalue weighted by atomic mass is 35.5. The van der Waals surface area contributed by atoms with E-state index in [4.69, 9.17) is 23.2 Å². The van der Waals surface area contributed by atoms with Gasteiger partial charge in [0.15, 0.2) is 11.0 Å². The van der Waals surface area contributed by atoms with Crippen LogP contribution >= 0.6 is 34.5 Å². The summed E-state index contributed by atoms with van der Waals surface area (Å²) >= 11 is 13.0. The molecule has 2 heterocycles. The fraction of sp³-hybridized carbons (Fsp3) is 0.250. The number of rotatable bonds is 3. The van der Waals surface area contributed by atoms with Crippen molar-refractivity contribution in [2.45, 2.75) is 13.5 Å². The van der Waals surface area contributed by atoms with Crippen LogP contribution in [-0.2, 0) is 6.54 Å². The molecule has 0 radical (unpaired) electrons. The van der Waals surface area contributed by atoms with Gasteiger partial charge >= 0.3 is 0 Å². The number of nitrogens with one attached hydrogen (secondary N) is 1. The monoisotopic (exact) mass is 275 g/mol. The molecule has 2 aromatic rings. The molecule has 5 nitrogen and oxygen atoms in total. The van der Waals surface area contributed by atoms with E-state index >= 15 is 0 Å². The summed E-state index contributed by atoms with van der Waals surface area (Å²) in [5.74, 6) is 0.412. The van der Waals surface area contributed by atoms with Crippen LogP contribution in [0.25, 0.3) is 0 Å². The average molecular weight is 276 g/mol. The highest BCUT2D eigenvalue weighted by molar-refractivity contribution is 7.09. The molecular formula is C8H7Cl2N5S. The first-order valence-electron chi connectivity index (χ1n) is 4.36. The quantitative estimate of drug-likeness (QED) is 0.933. The molecule has 8 heteroatoms. The van der Waals surface area contributed by atoms with Gasteiger partial charge in [0.25, 0.3) is 0 Å². The molecule has 2 aromatic heterocycles. The van der Waals surface area contributed by atoms with Crippen LogP contribution in [0.2, 0.25) is 10.4 Å². The molecule has 0 bridgehead atoms. The smallest absolute Gasteiger partial charge is 0.245 e. The molecule has 0 aliphatic carbocycles. The van der Waals surface area contributed by atoms with Crippen molar-refractivity contribution >= 4 is 40.4 Å². The van der Waals surface area contributed by atoms with Crippen LogP contribution in [0.3, 0.4) is 0 Å². The van der Waals surface area contributed by atoms with Crippen molar-refractivity contribution in [3.8, 4) is 0 Å². The number of hydrogen-bond acceptors (Lipinski definition) is 6. The van der Waals surface area contributed by atoms with Gasteiger partial charge in [0, 0.05) is 11.1 Å². The van der Waals surface area contributed by atoms with Gasteiger partial charge in [-0.2, -0.15) is 4.98 Å². The van der Waals surface area contributed by atoms with Gasteiger partial charge in [0.1, 0.15) is 5.01 Å². The predicted molar refractivity (Wildman–Crippen MR) is 64.0 cm³/mol. The van der Waals surface area contributed by atoms with E-state index < -0.39 is 0 Å². The van der Waals surface area contributed by atoms with Crippen LogP contribution in [0.4, 0.5) is 5.82 Å². The summed E-state index contributed by atoms with van der Waals surface area (Å²) in [6, 6.07) is 0. The van der Waals surface area contributed by atoms with Gasteiger partial charge in [-0.3, -0.25) is 0 Å². The number of hydrogen-bond donors (Lipinski definition) is 1. The third-order valence-corrected chi connectivity index (χ3v) is 3.07. The first-order valence-corrected chi connectivity index (χ1v) is 5.99. The van der Waals surface area contributed by atoms with E-state index in [1.165, 1.54) is 0 Å². The Morgan fingerprint density at radius 1 is 1.31 bits per heavy atom. The number of halogens is 2. The molecule has 16 heavy (non-hydrogen) atoms. The minimum absolute atomic E-state index is 0.0576. The van der Waals surface area contributed by atoms with Crippen LogP contribution in [0, 0.1) is 6.92 Å². The molecule has 0 amide bonds. The summed E-state index contributed by atoms with van der Waals surface area (Å²) in [5.41, 5.74) is 0.992. The Labute approximate surface area is 106 Å². The van der Waals surface area contributed by atoms with E-state index in [1.807, 2.05) is 12.3 Å². The van der Waals surface area contributed by atoms with E-state index in [9.17, 15) is 0 Å². The van der Waals surface area contributed by atoms with E-state index in [2.05, 4.69) is 25.5 Å². The van der Waals surface area contributed by atoms with E-state index in [-0.39, 0.29) is 10.4 Å². The summed E-state index contributed by atoms with van der Waals surface area (Å²) in [4.78, 5) is 8.21. The van der Waals surface area contributed by atoms with Crippen molar-refractivity contribution in [2.24, 2.45) is 0 Å². The standard InChI is InChI=1S/C8H7Cl2N5S/c1-4-3-16-5(12-4)2-11-7-6(9)14-15-8(10)13-7/h3H,2H2,1H3,(H,11,13,15). The fourth-order valence-electron chi connectivity index (χ4n) is 1.05.